The molecule has 2 unspecified atom stereocenters. The van der Waals surface area contributed by atoms with Crippen LogP contribution in [0.5, 0.6) is 0 Å². The zero-order chi connectivity index (χ0) is 14.5. The first-order valence-electron chi connectivity index (χ1n) is 7.22. The van der Waals surface area contributed by atoms with Gasteiger partial charge in [0.1, 0.15) is 5.01 Å². The van der Waals surface area contributed by atoms with Gasteiger partial charge in [-0.2, -0.15) is 0 Å². The van der Waals surface area contributed by atoms with E-state index in [1.165, 1.54) is 0 Å². The number of amides is 2. The molecule has 0 aromatic carbocycles. The maximum atomic E-state index is 12.4. The lowest BCUT2D eigenvalue weighted by Gasteiger charge is -2.36. The van der Waals surface area contributed by atoms with Crippen LogP contribution < -0.4 is 5.32 Å². The summed E-state index contributed by atoms with van der Waals surface area (Å²) in [7, 11) is 0. The molecule has 0 aliphatic carbocycles. The summed E-state index contributed by atoms with van der Waals surface area (Å²) in [6, 6.07) is 0.0559. The number of hydrogen-bond acceptors (Lipinski definition) is 4. The molecule has 2 rings (SSSR count). The number of nitrogens with one attached hydrogen (secondary N) is 1. The lowest BCUT2D eigenvalue weighted by molar-refractivity contribution is 0.130. The van der Waals surface area contributed by atoms with E-state index in [4.69, 9.17) is 5.11 Å². The summed E-state index contributed by atoms with van der Waals surface area (Å²) in [5, 5.41) is 13.1. The molecule has 0 radical (unpaired) electrons. The van der Waals surface area contributed by atoms with Crippen LogP contribution in [-0.2, 0) is 0 Å². The molecule has 1 saturated heterocycles. The van der Waals surface area contributed by atoms with E-state index in [1.54, 1.807) is 11.3 Å². The second-order valence-corrected chi connectivity index (χ2v) is 6.60. The Morgan fingerprint density at radius 2 is 2.45 bits per heavy atom. The molecule has 1 aliphatic rings. The molecule has 1 aromatic rings. The van der Waals surface area contributed by atoms with Crippen molar-refractivity contribution in [3.05, 3.63) is 16.1 Å². The zero-order valence-electron chi connectivity index (χ0n) is 12.1. The highest BCUT2D eigenvalue weighted by Gasteiger charge is 2.27. The SMILES string of the molecule is Cc1cnc(C(C)NC(=O)N2CCCCC2CCO)s1. The van der Waals surface area contributed by atoms with E-state index in [0.29, 0.717) is 6.42 Å². The second-order valence-electron chi connectivity index (χ2n) is 5.34. The van der Waals surface area contributed by atoms with Gasteiger partial charge in [-0.05, 0) is 39.5 Å². The first kappa shape index (κ1) is 15.3. The van der Waals surface area contributed by atoms with Crippen LogP contribution in [0.4, 0.5) is 4.79 Å². The van der Waals surface area contributed by atoms with Gasteiger partial charge >= 0.3 is 6.03 Å². The fourth-order valence-electron chi connectivity index (χ4n) is 2.62. The monoisotopic (exact) mass is 297 g/mol. The third kappa shape index (κ3) is 3.70. The molecule has 2 N–H and O–H groups in total. The molecule has 1 aliphatic heterocycles. The van der Waals surface area contributed by atoms with E-state index in [-0.39, 0.29) is 24.7 Å². The number of aryl methyl sites for hydroxylation is 1. The number of likely N-dealkylation sites (tertiary alicyclic amines) is 1. The van der Waals surface area contributed by atoms with Gasteiger partial charge in [-0.25, -0.2) is 9.78 Å². The molecule has 0 saturated carbocycles. The number of aliphatic hydroxyl groups is 1. The molecule has 1 fully saturated rings. The van der Waals surface area contributed by atoms with Crippen LogP contribution in [0.1, 0.15) is 48.5 Å². The maximum absolute atomic E-state index is 12.4. The summed E-state index contributed by atoms with van der Waals surface area (Å²) in [6.45, 7) is 4.88. The minimum atomic E-state index is -0.0714. The number of piperidine rings is 1. The third-order valence-corrected chi connectivity index (χ3v) is 4.80. The van der Waals surface area contributed by atoms with Gasteiger partial charge < -0.3 is 15.3 Å². The number of carbonyl (C=O) groups is 1. The smallest absolute Gasteiger partial charge is 0.318 e. The molecule has 5 nitrogen and oxygen atoms in total. The third-order valence-electron chi connectivity index (χ3n) is 3.70. The van der Waals surface area contributed by atoms with E-state index in [0.717, 1.165) is 35.7 Å². The molecule has 2 heterocycles. The lowest BCUT2D eigenvalue weighted by atomic mass is 10.00. The van der Waals surface area contributed by atoms with Crippen LogP contribution in [-0.4, -0.2) is 40.2 Å². The van der Waals surface area contributed by atoms with E-state index >= 15 is 0 Å². The van der Waals surface area contributed by atoms with Crippen LogP contribution >= 0.6 is 11.3 Å². The molecular formula is C14H23N3O2S. The van der Waals surface area contributed by atoms with Crippen LogP contribution in [0.15, 0.2) is 6.20 Å². The van der Waals surface area contributed by atoms with E-state index in [1.807, 2.05) is 24.9 Å². The van der Waals surface area contributed by atoms with Gasteiger partial charge in [0.2, 0.25) is 0 Å². The number of aromatic nitrogens is 1. The van der Waals surface area contributed by atoms with Gasteiger partial charge in [0.05, 0.1) is 6.04 Å². The molecule has 2 atom stereocenters. The van der Waals surface area contributed by atoms with Crippen molar-refractivity contribution in [1.82, 2.24) is 15.2 Å². The van der Waals surface area contributed by atoms with E-state index in [9.17, 15) is 4.79 Å². The summed E-state index contributed by atoms with van der Waals surface area (Å²) in [5.74, 6) is 0. The van der Waals surface area contributed by atoms with E-state index < -0.39 is 0 Å². The Bertz CT molecular complexity index is 447. The Labute approximate surface area is 124 Å². The van der Waals surface area contributed by atoms with Crippen LogP contribution in [0.25, 0.3) is 0 Å². The predicted molar refractivity (Wildman–Crippen MR) is 79.8 cm³/mol. The molecule has 0 spiro atoms. The van der Waals surface area contributed by atoms with Gasteiger partial charge in [-0.3, -0.25) is 0 Å². The number of rotatable bonds is 4. The maximum Gasteiger partial charge on any atom is 0.318 e. The lowest BCUT2D eigenvalue weighted by Crippen LogP contribution is -2.49. The highest BCUT2D eigenvalue weighted by atomic mass is 32.1. The number of hydrogen-bond donors (Lipinski definition) is 2. The molecule has 112 valence electrons. The summed E-state index contributed by atoms with van der Waals surface area (Å²) in [4.78, 5) is 19.7. The number of thiazole rings is 1. The number of aliphatic hydroxyl groups excluding tert-OH is 1. The Morgan fingerprint density at radius 1 is 1.65 bits per heavy atom. The Hall–Kier alpha value is -1.14. The predicted octanol–water partition coefficient (Wildman–Crippen LogP) is 2.46. The van der Waals surface area contributed by atoms with Gasteiger partial charge in [0.25, 0.3) is 0 Å². The quantitative estimate of drug-likeness (QED) is 0.897. The van der Waals surface area contributed by atoms with Crippen molar-refractivity contribution in [2.24, 2.45) is 0 Å². The second kappa shape index (κ2) is 7.04. The minimum absolute atomic E-state index is 0.0384. The zero-order valence-corrected chi connectivity index (χ0v) is 12.9. The van der Waals surface area contributed by atoms with Crippen LogP contribution in [0.3, 0.4) is 0 Å². The highest BCUT2D eigenvalue weighted by Crippen LogP contribution is 2.22. The minimum Gasteiger partial charge on any atom is -0.396 e. The molecule has 20 heavy (non-hydrogen) atoms. The number of urea groups is 1. The van der Waals surface area contributed by atoms with Crippen molar-refractivity contribution in [3.8, 4) is 0 Å². The molecule has 1 aromatic heterocycles. The van der Waals surface area contributed by atoms with Crippen molar-refractivity contribution in [3.63, 3.8) is 0 Å². The Morgan fingerprint density at radius 3 is 3.10 bits per heavy atom. The normalized spacial score (nSPS) is 20.8. The average molecular weight is 297 g/mol. The van der Waals surface area contributed by atoms with Crippen molar-refractivity contribution in [1.29, 1.82) is 0 Å². The molecule has 2 amide bonds. The van der Waals surface area contributed by atoms with E-state index in [2.05, 4.69) is 10.3 Å². The first-order valence-corrected chi connectivity index (χ1v) is 8.03. The summed E-state index contributed by atoms with van der Waals surface area (Å²) in [6.07, 6.45) is 5.66. The van der Waals surface area contributed by atoms with Gasteiger partial charge in [0.15, 0.2) is 0 Å². The van der Waals surface area contributed by atoms with Gasteiger partial charge in [0, 0.05) is 30.3 Å². The summed E-state index contributed by atoms with van der Waals surface area (Å²) < 4.78 is 0. The van der Waals surface area contributed by atoms with Gasteiger partial charge in [-0.15, -0.1) is 11.3 Å². The average Bonchev–Trinajstić information content (AvgIpc) is 2.86. The first-order chi connectivity index (χ1) is 9.61. The van der Waals surface area contributed by atoms with Crippen molar-refractivity contribution >= 4 is 17.4 Å². The molecule has 0 bridgehead atoms. The highest BCUT2D eigenvalue weighted by molar-refractivity contribution is 7.11. The largest absolute Gasteiger partial charge is 0.396 e. The fourth-order valence-corrected chi connectivity index (χ4v) is 3.40. The Kier molecular flexibility index (Phi) is 5.37. The fraction of sp³-hybridized carbons (Fsp3) is 0.714. The topological polar surface area (TPSA) is 65.5 Å². The van der Waals surface area contributed by atoms with Crippen LogP contribution in [0, 0.1) is 6.92 Å². The summed E-state index contributed by atoms with van der Waals surface area (Å²) in [5.41, 5.74) is 0. The number of carbonyl (C=O) groups excluding carboxylic acids is 1. The van der Waals surface area contributed by atoms with Crippen molar-refractivity contribution in [2.45, 2.75) is 51.6 Å². The standard InChI is InChI=1S/C14H23N3O2S/c1-10-9-15-13(20-10)11(2)16-14(19)17-7-4-3-5-12(17)6-8-18/h9,11-12,18H,3-8H2,1-2H3,(H,16,19). The number of nitrogens with zero attached hydrogens (tertiary/aromatic N) is 2. The molecular weight excluding hydrogens is 274 g/mol. The van der Waals surface area contributed by atoms with Crippen LogP contribution in [0.2, 0.25) is 0 Å². The Balaban J connectivity index is 1.95. The molecule has 6 heteroatoms. The summed E-state index contributed by atoms with van der Waals surface area (Å²) >= 11 is 1.61. The van der Waals surface area contributed by atoms with Crippen molar-refractivity contribution < 1.29 is 9.90 Å². The van der Waals surface area contributed by atoms with Gasteiger partial charge in [-0.1, -0.05) is 0 Å². The van der Waals surface area contributed by atoms with Crippen molar-refractivity contribution in [2.75, 3.05) is 13.2 Å².